The molecule has 2 N–H and O–H groups in total. The molecule has 2 aromatic rings. The summed E-state index contributed by atoms with van der Waals surface area (Å²) in [5.41, 5.74) is 6.79. The second-order valence-corrected chi connectivity index (χ2v) is 2.86. The fraction of sp³-hybridized carbons (Fsp3) is 0.111. The van der Waals surface area contributed by atoms with Crippen LogP contribution >= 0.6 is 0 Å². The number of aromatic nitrogens is 3. The van der Waals surface area contributed by atoms with Crippen LogP contribution < -0.4 is 5.73 Å². The van der Waals surface area contributed by atoms with E-state index in [4.69, 9.17) is 5.73 Å². The van der Waals surface area contributed by atoms with E-state index in [0.29, 0.717) is 5.82 Å². The molecule has 4 nitrogen and oxygen atoms in total. The molecule has 0 spiro atoms. The minimum Gasteiger partial charge on any atom is -0.384 e. The van der Waals surface area contributed by atoms with Gasteiger partial charge in [-0.15, -0.1) is 0 Å². The van der Waals surface area contributed by atoms with Crippen LogP contribution in [0.15, 0.2) is 30.6 Å². The maximum absolute atomic E-state index is 5.67. The number of hydrogen-bond donors (Lipinski definition) is 1. The molecule has 2 rings (SSSR count). The average molecular weight is 174 g/mol. The van der Waals surface area contributed by atoms with Gasteiger partial charge in [0.1, 0.15) is 5.82 Å². The van der Waals surface area contributed by atoms with Crippen molar-refractivity contribution in [3.8, 4) is 5.82 Å². The third kappa shape index (κ3) is 1.38. The molecule has 66 valence electrons. The second kappa shape index (κ2) is 2.90. The first-order chi connectivity index (χ1) is 6.27. The molecule has 0 fully saturated rings. The Bertz CT molecular complexity index is 402. The van der Waals surface area contributed by atoms with Crippen molar-refractivity contribution in [2.75, 3.05) is 5.73 Å². The molecule has 0 saturated heterocycles. The molecule has 0 saturated carbocycles. The SMILES string of the molecule is Cc1ccc(-n2nccc2N)nc1. The summed E-state index contributed by atoms with van der Waals surface area (Å²) in [6, 6.07) is 5.60. The monoisotopic (exact) mass is 174 g/mol. The van der Waals surface area contributed by atoms with E-state index in [1.807, 2.05) is 19.1 Å². The van der Waals surface area contributed by atoms with Gasteiger partial charge in [-0.1, -0.05) is 6.07 Å². The fourth-order valence-corrected chi connectivity index (χ4v) is 1.09. The third-order valence-corrected chi connectivity index (χ3v) is 1.78. The summed E-state index contributed by atoms with van der Waals surface area (Å²) in [6.45, 7) is 1.99. The Morgan fingerprint density at radius 3 is 2.69 bits per heavy atom. The van der Waals surface area contributed by atoms with Gasteiger partial charge >= 0.3 is 0 Å². The predicted molar refractivity (Wildman–Crippen MR) is 50.5 cm³/mol. The van der Waals surface area contributed by atoms with Gasteiger partial charge in [-0.25, -0.2) is 4.98 Å². The van der Waals surface area contributed by atoms with Gasteiger partial charge in [-0.2, -0.15) is 9.78 Å². The van der Waals surface area contributed by atoms with Gasteiger partial charge in [-0.3, -0.25) is 0 Å². The Kier molecular flexibility index (Phi) is 1.73. The number of nitrogens with zero attached hydrogens (tertiary/aromatic N) is 3. The van der Waals surface area contributed by atoms with E-state index in [1.165, 1.54) is 0 Å². The summed E-state index contributed by atoms with van der Waals surface area (Å²) in [7, 11) is 0. The normalized spacial score (nSPS) is 10.2. The van der Waals surface area contributed by atoms with Crippen molar-refractivity contribution < 1.29 is 0 Å². The van der Waals surface area contributed by atoms with Crippen LogP contribution in [0.25, 0.3) is 5.82 Å². The molecule has 0 bridgehead atoms. The van der Waals surface area contributed by atoms with Gasteiger partial charge < -0.3 is 5.73 Å². The highest BCUT2D eigenvalue weighted by atomic mass is 15.3. The third-order valence-electron chi connectivity index (χ3n) is 1.78. The van der Waals surface area contributed by atoms with Gasteiger partial charge in [-0.05, 0) is 18.6 Å². The maximum Gasteiger partial charge on any atom is 0.155 e. The van der Waals surface area contributed by atoms with Crippen LogP contribution in [0.4, 0.5) is 5.82 Å². The van der Waals surface area contributed by atoms with Gasteiger partial charge in [0.15, 0.2) is 5.82 Å². The van der Waals surface area contributed by atoms with E-state index in [1.54, 1.807) is 23.1 Å². The zero-order valence-corrected chi connectivity index (χ0v) is 7.31. The van der Waals surface area contributed by atoms with Crippen molar-refractivity contribution in [1.82, 2.24) is 14.8 Å². The Labute approximate surface area is 76.0 Å². The number of aryl methyl sites for hydroxylation is 1. The quantitative estimate of drug-likeness (QED) is 0.705. The Morgan fingerprint density at radius 1 is 1.31 bits per heavy atom. The molecule has 13 heavy (non-hydrogen) atoms. The summed E-state index contributed by atoms with van der Waals surface area (Å²) >= 11 is 0. The lowest BCUT2D eigenvalue weighted by Gasteiger charge is -2.02. The van der Waals surface area contributed by atoms with Gasteiger partial charge in [0, 0.05) is 12.3 Å². The van der Waals surface area contributed by atoms with Crippen LogP contribution in [-0.4, -0.2) is 14.8 Å². The molecular formula is C9H10N4. The van der Waals surface area contributed by atoms with Gasteiger partial charge in [0.25, 0.3) is 0 Å². The lowest BCUT2D eigenvalue weighted by molar-refractivity contribution is 0.855. The molecular weight excluding hydrogens is 164 g/mol. The number of anilines is 1. The van der Waals surface area contributed by atoms with E-state index in [0.717, 1.165) is 11.4 Å². The maximum atomic E-state index is 5.67. The Hall–Kier alpha value is -1.84. The van der Waals surface area contributed by atoms with E-state index < -0.39 is 0 Å². The molecule has 0 atom stereocenters. The first-order valence-corrected chi connectivity index (χ1v) is 4.00. The predicted octanol–water partition coefficient (Wildman–Crippen LogP) is 1.16. The molecule has 0 radical (unpaired) electrons. The molecule has 0 aliphatic heterocycles. The molecule has 2 heterocycles. The lowest BCUT2D eigenvalue weighted by atomic mass is 10.3. The van der Waals surface area contributed by atoms with Gasteiger partial charge in [0.05, 0.1) is 6.20 Å². The average Bonchev–Trinajstić information content (AvgIpc) is 2.53. The van der Waals surface area contributed by atoms with Crippen molar-refractivity contribution in [2.45, 2.75) is 6.92 Å². The van der Waals surface area contributed by atoms with Crippen molar-refractivity contribution in [3.05, 3.63) is 36.2 Å². The Morgan fingerprint density at radius 2 is 2.15 bits per heavy atom. The Balaban J connectivity index is 2.47. The molecule has 4 heteroatoms. The summed E-state index contributed by atoms with van der Waals surface area (Å²) in [6.07, 6.45) is 3.44. The standard InChI is InChI=1S/C9H10N4/c1-7-2-3-9(11-6-7)13-8(10)4-5-12-13/h2-6H,10H2,1H3. The highest BCUT2D eigenvalue weighted by Crippen LogP contribution is 2.08. The zero-order valence-electron chi connectivity index (χ0n) is 7.31. The van der Waals surface area contributed by atoms with E-state index >= 15 is 0 Å². The zero-order chi connectivity index (χ0) is 9.26. The number of nitrogens with two attached hydrogens (primary N) is 1. The summed E-state index contributed by atoms with van der Waals surface area (Å²) in [5, 5.41) is 4.04. The van der Waals surface area contributed by atoms with Crippen LogP contribution in [0.5, 0.6) is 0 Å². The minimum absolute atomic E-state index is 0.594. The first kappa shape index (κ1) is 7.79. The highest BCUT2D eigenvalue weighted by molar-refractivity contribution is 5.36. The van der Waals surface area contributed by atoms with Crippen molar-refractivity contribution in [2.24, 2.45) is 0 Å². The fourth-order valence-electron chi connectivity index (χ4n) is 1.09. The number of rotatable bonds is 1. The highest BCUT2D eigenvalue weighted by Gasteiger charge is 2.00. The van der Waals surface area contributed by atoms with Crippen LogP contribution in [0.3, 0.4) is 0 Å². The van der Waals surface area contributed by atoms with E-state index in [2.05, 4.69) is 10.1 Å². The molecule has 2 aromatic heterocycles. The van der Waals surface area contributed by atoms with Crippen molar-refractivity contribution in [3.63, 3.8) is 0 Å². The number of pyridine rings is 1. The summed E-state index contributed by atoms with van der Waals surface area (Å²) in [5.74, 6) is 1.34. The van der Waals surface area contributed by atoms with Crippen LogP contribution in [0, 0.1) is 6.92 Å². The topological polar surface area (TPSA) is 56.7 Å². The van der Waals surface area contributed by atoms with E-state index in [-0.39, 0.29) is 0 Å². The summed E-state index contributed by atoms with van der Waals surface area (Å²) in [4.78, 5) is 4.20. The van der Waals surface area contributed by atoms with Crippen molar-refractivity contribution >= 4 is 5.82 Å². The molecule has 0 aliphatic carbocycles. The number of hydrogen-bond acceptors (Lipinski definition) is 3. The molecule has 0 aliphatic rings. The minimum atomic E-state index is 0.594. The molecule has 0 aromatic carbocycles. The smallest absolute Gasteiger partial charge is 0.155 e. The van der Waals surface area contributed by atoms with Crippen LogP contribution in [0.2, 0.25) is 0 Å². The van der Waals surface area contributed by atoms with Crippen LogP contribution in [-0.2, 0) is 0 Å². The second-order valence-electron chi connectivity index (χ2n) is 2.86. The molecule has 0 unspecified atom stereocenters. The first-order valence-electron chi connectivity index (χ1n) is 4.00. The van der Waals surface area contributed by atoms with E-state index in [9.17, 15) is 0 Å². The largest absolute Gasteiger partial charge is 0.384 e. The lowest BCUT2D eigenvalue weighted by Crippen LogP contribution is -2.03. The van der Waals surface area contributed by atoms with Crippen LogP contribution in [0.1, 0.15) is 5.56 Å². The molecule has 0 amide bonds. The van der Waals surface area contributed by atoms with Gasteiger partial charge in [0.2, 0.25) is 0 Å². The summed E-state index contributed by atoms with van der Waals surface area (Å²) < 4.78 is 1.60. The van der Waals surface area contributed by atoms with Crippen molar-refractivity contribution in [1.29, 1.82) is 0 Å². The number of nitrogen functional groups attached to an aromatic ring is 1.